The van der Waals surface area contributed by atoms with Crippen molar-refractivity contribution in [1.82, 2.24) is 4.90 Å². The van der Waals surface area contributed by atoms with Crippen LogP contribution in [0.15, 0.2) is 24.3 Å². The van der Waals surface area contributed by atoms with Gasteiger partial charge in [0.25, 0.3) is 0 Å². The highest BCUT2D eigenvalue weighted by molar-refractivity contribution is 5.70. The smallest absolute Gasteiger partial charge is 0.307 e. The average molecular weight is 249 g/mol. The first-order chi connectivity index (χ1) is 8.52. The number of carboxylic acid groups (broad SMARTS) is 1. The summed E-state index contributed by atoms with van der Waals surface area (Å²) < 4.78 is 0. The molecule has 1 aromatic carbocycles. The second-order valence-electron chi connectivity index (χ2n) is 4.94. The Labute approximate surface area is 109 Å². The van der Waals surface area contributed by atoms with Gasteiger partial charge in [0.1, 0.15) is 0 Å². The Bertz CT molecular complexity index is 390. The Morgan fingerprint density at radius 1 is 1.44 bits per heavy atom. The van der Waals surface area contributed by atoms with Gasteiger partial charge in [-0.05, 0) is 32.4 Å². The van der Waals surface area contributed by atoms with Crippen molar-refractivity contribution in [2.45, 2.75) is 26.7 Å². The molecule has 0 aliphatic carbocycles. The first kappa shape index (κ1) is 14.7. The van der Waals surface area contributed by atoms with E-state index in [4.69, 9.17) is 5.11 Å². The van der Waals surface area contributed by atoms with Crippen molar-refractivity contribution in [3.05, 3.63) is 35.4 Å². The Hall–Kier alpha value is -1.35. The molecule has 1 unspecified atom stereocenters. The molecule has 18 heavy (non-hydrogen) atoms. The summed E-state index contributed by atoms with van der Waals surface area (Å²) >= 11 is 0. The quantitative estimate of drug-likeness (QED) is 0.807. The molecule has 0 aromatic heterocycles. The maximum absolute atomic E-state index is 11.0. The number of hydrogen-bond acceptors (Lipinski definition) is 2. The molecule has 0 spiro atoms. The molecule has 100 valence electrons. The van der Waals surface area contributed by atoms with Crippen LogP contribution in [0.25, 0.3) is 0 Å². The van der Waals surface area contributed by atoms with Crippen LogP contribution in [0.3, 0.4) is 0 Å². The normalized spacial score (nSPS) is 12.7. The van der Waals surface area contributed by atoms with E-state index in [2.05, 4.69) is 36.1 Å². The van der Waals surface area contributed by atoms with Crippen molar-refractivity contribution in [3.63, 3.8) is 0 Å². The maximum Gasteiger partial charge on any atom is 0.307 e. The van der Waals surface area contributed by atoms with Gasteiger partial charge in [0.15, 0.2) is 0 Å². The summed E-state index contributed by atoms with van der Waals surface area (Å²) in [4.78, 5) is 13.1. The lowest BCUT2D eigenvalue weighted by Gasteiger charge is -2.20. The number of carbonyl (C=O) groups is 1. The fourth-order valence-electron chi connectivity index (χ4n) is 2.04. The van der Waals surface area contributed by atoms with Gasteiger partial charge in [-0.15, -0.1) is 0 Å². The van der Waals surface area contributed by atoms with Gasteiger partial charge in [-0.25, -0.2) is 0 Å². The molecule has 0 heterocycles. The molecule has 0 aliphatic heterocycles. The molecule has 1 atom stereocenters. The van der Waals surface area contributed by atoms with Crippen LogP contribution in [0.2, 0.25) is 0 Å². The maximum atomic E-state index is 11.0. The number of likely N-dealkylation sites (N-methyl/N-ethyl adjacent to an activating group) is 1. The van der Waals surface area contributed by atoms with Crippen LogP contribution in [0.5, 0.6) is 0 Å². The summed E-state index contributed by atoms with van der Waals surface area (Å²) in [6, 6.07) is 8.46. The lowest BCUT2D eigenvalue weighted by molar-refractivity contribution is -0.142. The van der Waals surface area contributed by atoms with Crippen LogP contribution >= 0.6 is 0 Å². The van der Waals surface area contributed by atoms with Crippen molar-refractivity contribution < 1.29 is 9.90 Å². The van der Waals surface area contributed by atoms with E-state index in [9.17, 15) is 4.79 Å². The highest BCUT2D eigenvalue weighted by atomic mass is 16.4. The van der Waals surface area contributed by atoms with E-state index in [1.165, 1.54) is 11.1 Å². The van der Waals surface area contributed by atoms with Gasteiger partial charge in [0.05, 0.1) is 5.92 Å². The third-order valence-corrected chi connectivity index (χ3v) is 3.24. The van der Waals surface area contributed by atoms with Crippen molar-refractivity contribution >= 4 is 5.97 Å². The average Bonchev–Trinajstić information content (AvgIpc) is 2.33. The lowest BCUT2D eigenvalue weighted by Crippen LogP contribution is -2.31. The number of nitrogens with zero attached hydrogens (tertiary/aromatic N) is 1. The van der Waals surface area contributed by atoms with Gasteiger partial charge in [-0.3, -0.25) is 4.79 Å². The van der Waals surface area contributed by atoms with E-state index >= 15 is 0 Å². The molecule has 1 N–H and O–H groups in total. The minimum Gasteiger partial charge on any atom is -0.481 e. The lowest BCUT2D eigenvalue weighted by atomic mass is 10.1. The Morgan fingerprint density at radius 3 is 2.72 bits per heavy atom. The van der Waals surface area contributed by atoms with Crippen molar-refractivity contribution in [2.75, 3.05) is 20.1 Å². The summed E-state index contributed by atoms with van der Waals surface area (Å²) in [5, 5.41) is 9.02. The highest BCUT2D eigenvalue weighted by Gasteiger charge is 2.16. The molecule has 0 aliphatic rings. The minimum absolute atomic E-state index is 0.257. The Kier molecular flexibility index (Phi) is 5.86. The number of carboxylic acids is 1. The monoisotopic (exact) mass is 249 g/mol. The first-order valence-electron chi connectivity index (χ1n) is 6.49. The summed E-state index contributed by atoms with van der Waals surface area (Å²) in [6.45, 7) is 5.53. The zero-order valence-electron chi connectivity index (χ0n) is 11.5. The summed E-state index contributed by atoms with van der Waals surface area (Å²) in [6.07, 6.45) is 1.65. The molecule has 3 nitrogen and oxygen atoms in total. The van der Waals surface area contributed by atoms with Gasteiger partial charge in [0.2, 0.25) is 0 Å². The highest BCUT2D eigenvalue weighted by Crippen LogP contribution is 2.08. The summed E-state index contributed by atoms with van der Waals surface area (Å²) in [5.41, 5.74) is 2.58. The molecule has 1 aromatic rings. The number of hydrogen-bond donors (Lipinski definition) is 1. The van der Waals surface area contributed by atoms with Gasteiger partial charge in [0, 0.05) is 13.1 Å². The van der Waals surface area contributed by atoms with Gasteiger partial charge in [-0.2, -0.15) is 0 Å². The molecule has 0 bridgehead atoms. The standard InChI is InChI=1S/C15H23NO2/c1-4-14(15(17)18)11-16(3)9-8-13-7-5-6-12(2)10-13/h5-7,10,14H,4,8-9,11H2,1-3H3,(H,17,18). The summed E-state index contributed by atoms with van der Waals surface area (Å²) in [5.74, 6) is -0.951. The Balaban J connectivity index is 2.41. The van der Waals surface area contributed by atoms with Gasteiger partial charge < -0.3 is 10.0 Å². The van der Waals surface area contributed by atoms with E-state index in [-0.39, 0.29) is 5.92 Å². The molecule has 0 amide bonds. The molecule has 1 rings (SSSR count). The third-order valence-electron chi connectivity index (χ3n) is 3.24. The predicted octanol–water partition coefficient (Wildman–Crippen LogP) is 2.58. The fourth-order valence-corrected chi connectivity index (χ4v) is 2.04. The van der Waals surface area contributed by atoms with Crippen LogP contribution in [0.4, 0.5) is 0 Å². The van der Waals surface area contributed by atoms with Crippen LogP contribution in [0.1, 0.15) is 24.5 Å². The molecular formula is C15H23NO2. The molecular weight excluding hydrogens is 226 g/mol. The van der Waals surface area contributed by atoms with E-state index in [0.29, 0.717) is 13.0 Å². The van der Waals surface area contributed by atoms with Gasteiger partial charge >= 0.3 is 5.97 Å². The molecule has 3 heteroatoms. The van der Waals surface area contributed by atoms with Crippen molar-refractivity contribution in [2.24, 2.45) is 5.92 Å². The second kappa shape index (κ2) is 7.17. The largest absolute Gasteiger partial charge is 0.481 e. The van der Waals surface area contributed by atoms with Crippen LogP contribution in [0, 0.1) is 12.8 Å². The number of aliphatic carboxylic acids is 1. The zero-order valence-corrected chi connectivity index (χ0v) is 11.5. The van der Waals surface area contributed by atoms with E-state index < -0.39 is 5.97 Å². The van der Waals surface area contributed by atoms with Crippen molar-refractivity contribution in [3.8, 4) is 0 Å². The topological polar surface area (TPSA) is 40.5 Å². The van der Waals surface area contributed by atoms with Crippen LogP contribution in [-0.4, -0.2) is 36.1 Å². The van der Waals surface area contributed by atoms with E-state index in [1.54, 1.807) is 0 Å². The zero-order chi connectivity index (χ0) is 13.5. The number of rotatable bonds is 7. The second-order valence-corrected chi connectivity index (χ2v) is 4.94. The number of aryl methyl sites for hydroxylation is 1. The molecule has 0 saturated carbocycles. The van der Waals surface area contributed by atoms with Crippen LogP contribution < -0.4 is 0 Å². The first-order valence-corrected chi connectivity index (χ1v) is 6.49. The predicted molar refractivity (Wildman–Crippen MR) is 73.8 cm³/mol. The Morgan fingerprint density at radius 2 is 2.17 bits per heavy atom. The van der Waals surface area contributed by atoms with Crippen LogP contribution in [-0.2, 0) is 11.2 Å². The SMILES string of the molecule is CCC(CN(C)CCc1cccc(C)c1)C(=O)O. The van der Waals surface area contributed by atoms with Crippen molar-refractivity contribution in [1.29, 1.82) is 0 Å². The van der Waals surface area contributed by atoms with E-state index in [0.717, 1.165) is 13.0 Å². The fraction of sp³-hybridized carbons (Fsp3) is 0.533. The van der Waals surface area contributed by atoms with E-state index in [1.807, 2.05) is 14.0 Å². The molecule has 0 saturated heterocycles. The minimum atomic E-state index is -0.695. The third kappa shape index (κ3) is 4.88. The number of benzene rings is 1. The summed E-state index contributed by atoms with van der Waals surface area (Å²) in [7, 11) is 1.99. The molecule has 0 radical (unpaired) electrons. The van der Waals surface area contributed by atoms with Gasteiger partial charge in [-0.1, -0.05) is 36.8 Å². The molecule has 0 fully saturated rings.